The molecule has 0 atom stereocenters. The van der Waals surface area contributed by atoms with Crippen LogP contribution in [0.4, 0.5) is 0 Å². The normalized spacial score (nSPS) is 14.6. The van der Waals surface area contributed by atoms with Gasteiger partial charge in [0.1, 0.15) is 0 Å². The van der Waals surface area contributed by atoms with E-state index in [0.29, 0.717) is 0 Å². The molecular formula is C21H21ClN2. The van der Waals surface area contributed by atoms with Crippen LogP contribution in [0.1, 0.15) is 16.8 Å². The molecule has 0 unspecified atom stereocenters. The largest absolute Gasteiger partial charge is 0.346 e. The summed E-state index contributed by atoms with van der Waals surface area (Å²) in [4.78, 5) is 2.39. The van der Waals surface area contributed by atoms with Crippen LogP contribution in [-0.2, 0) is 19.5 Å². The second-order valence-corrected chi connectivity index (χ2v) is 7.02. The molecule has 24 heavy (non-hydrogen) atoms. The zero-order valence-corrected chi connectivity index (χ0v) is 14.6. The Hall–Kier alpha value is -2.03. The van der Waals surface area contributed by atoms with E-state index in [-0.39, 0.29) is 0 Å². The van der Waals surface area contributed by atoms with Gasteiger partial charge in [-0.05, 0) is 35.9 Å². The van der Waals surface area contributed by atoms with Crippen molar-refractivity contribution in [3.8, 4) is 11.1 Å². The highest BCUT2D eigenvalue weighted by Crippen LogP contribution is 2.33. The first-order chi connectivity index (χ1) is 11.7. The van der Waals surface area contributed by atoms with Gasteiger partial charge in [0.2, 0.25) is 0 Å². The van der Waals surface area contributed by atoms with Crippen LogP contribution in [0, 0.1) is 0 Å². The molecule has 3 aromatic rings. The molecule has 0 bridgehead atoms. The minimum atomic E-state index is 0.793. The van der Waals surface area contributed by atoms with Gasteiger partial charge in [-0.25, -0.2) is 0 Å². The highest BCUT2D eigenvalue weighted by atomic mass is 35.5. The van der Waals surface area contributed by atoms with Crippen molar-refractivity contribution in [3.05, 3.63) is 82.6 Å². The molecule has 0 N–H and O–H groups in total. The van der Waals surface area contributed by atoms with Gasteiger partial charge in [0.05, 0.1) is 0 Å². The molecule has 4 rings (SSSR count). The molecule has 2 heterocycles. The van der Waals surface area contributed by atoms with Gasteiger partial charge in [0, 0.05) is 48.5 Å². The van der Waals surface area contributed by atoms with Crippen LogP contribution in [0.3, 0.4) is 0 Å². The molecule has 0 amide bonds. The smallest absolute Gasteiger partial charge is 0.0473 e. The summed E-state index contributed by atoms with van der Waals surface area (Å²) in [5.74, 6) is 0. The maximum atomic E-state index is 6.23. The number of fused-ring (bicyclic) bond motifs is 1. The number of rotatable bonds is 3. The van der Waals surface area contributed by atoms with Crippen molar-refractivity contribution in [3.63, 3.8) is 0 Å². The summed E-state index contributed by atoms with van der Waals surface area (Å²) >= 11 is 6.23. The molecular weight excluding hydrogens is 316 g/mol. The third-order valence-electron chi connectivity index (χ3n) is 4.79. The first-order valence-corrected chi connectivity index (χ1v) is 8.78. The Morgan fingerprint density at radius 3 is 2.67 bits per heavy atom. The average Bonchev–Trinajstić information content (AvgIpc) is 2.93. The van der Waals surface area contributed by atoms with Gasteiger partial charge < -0.3 is 9.47 Å². The van der Waals surface area contributed by atoms with Crippen LogP contribution in [0.2, 0.25) is 5.02 Å². The van der Waals surface area contributed by atoms with Gasteiger partial charge in [-0.2, -0.15) is 0 Å². The highest BCUT2D eigenvalue weighted by molar-refractivity contribution is 6.30. The summed E-state index contributed by atoms with van der Waals surface area (Å²) in [5, 5.41) is 0.793. The van der Waals surface area contributed by atoms with E-state index in [1.54, 1.807) is 0 Å². The lowest BCUT2D eigenvalue weighted by atomic mass is 9.99. The van der Waals surface area contributed by atoms with Crippen LogP contribution < -0.4 is 0 Å². The lowest BCUT2D eigenvalue weighted by Gasteiger charge is -2.25. The van der Waals surface area contributed by atoms with Crippen molar-refractivity contribution in [2.45, 2.75) is 19.5 Å². The molecule has 0 saturated carbocycles. The Morgan fingerprint density at radius 1 is 1.04 bits per heavy atom. The van der Waals surface area contributed by atoms with Gasteiger partial charge in [0.15, 0.2) is 0 Å². The second-order valence-electron chi connectivity index (χ2n) is 6.58. The monoisotopic (exact) mass is 336 g/mol. The molecule has 2 aromatic carbocycles. The van der Waals surface area contributed by atoms with Crippen molar-refractivity contribution in [2.24, 2.45) is 0 Å². The minimum absolute atomic E-state index is 0.793. The van der Waals surface area contributed by atoms with Gasteiger partial charge in [-0.1, -0.05) is 54.1 Å². The van der Waals surface area contributed by atoms with Crippen LogP contribution in [0.15, 0.2) is 60.8 Å². The van der Waals surface area contributed by atoms with Crippen molar-refractivity contribution in [1.29, 1.82) is 0 Å². The lowest BCUT2D eigenvalue weighted by Crippen LogP contribution is -2.27. The Labute approximate surface area is 148 Å². The standard InChI is InChI=1S/C21H21ClN2/c1-23-11-10-21-20(14-23)19(17-8-5-9-18(22)12-17)15-24(21)13-16-6-3-2-4-7-16/h2-9,12,15H,10-11,13-14H2,1H3. The fourth-order valence-electron chi connectivity index (χ4n) is 3.58. The number of benzene rings is 2. The summed E-state index contributed by atoms with van der Waals surface area (Å²) in [6.45, 7) is 3.03. The molecule has 2 nitrogen and oxygen atoms in total. The molecule has 1 aromatic heterocycles. The molecule has 0 saturated heterocycles. The predicted molar refractivity (Wildman–Crippen MR) is 100 cm³/mol. The Morgan fingerprint density at radius 2 is 1.88 bits per heavy atom. The van der Waals surface area contributed by atoms with E-state index < -0.39 is 0 Å². The summed E-state index contributed by atoms with van der Waals surface area (Å²) < 4.78 is 2.42. The van der Waals surface area contributed by atoms with Gasteiger partial charge in [-0.15, -0.1) is 0 Å². The van der Waals surface area contributed by atoms with E-state index in [0.717, 1.165) is 31.1 Å². The molecule has 1 aliphatic rings. The third-order valence-corrected chi connectivity index (χ3v) is 5.03. The first-order valence-electron chi connectivity index (χ1n) is 8.40. The summed E-state index contributed by atoms with van der Waals surface area (Å²) in [6, 6.07) is 18.9. The Kier molecular flexibility index (Phi) is 4.17. The van der Waals surface area contributed by atoms with E-state index in [1.807, 2.05) is 12.1 Å². The first kappa shape index (κ1) is 15.5. The van der Waals surface area contributed by atoms with Crippen LogP contribution in [0.5, 0.6) is 0 Å². The highest BCUT2D eigenvalue weighted by Gasteiger charge is 2.22. The van der Waals surface area contributed by atoms with Crippen molar-refractivity contribution in [1.82, 2.24) is 9.47 Å². The zero-order chi connectivity index (χ0) is 16.5. The topological polar surface area (TPSA) is 8.17 Å². The number of hydrogen-bond donors (Lipinski definition) is 0. The van der Waals surface area contributed by atoms with E-state index >= 15 is 0 Å². The fourth-order valence-corrected chi connectivity index (χ4v) is 3.77. The number of likely N-dealkylation sites (N-methyl/N-ethyl adjacent to an activating group) is 1. The van der Waals surface area contributed by atoms with Gasteiger partial charge in [0.25, 0.3) is 0 Å². The Bertz CT molecular complexity index is 852. The summed E-state index contributed by atoms with van der Waals surface area (Å²) in [5.41, 5.74) is 6.77. The Balaban J connectivity index is 1.79. The molecule has 0 spiro atoms. The van der Waals surface area contributed by atoms with Gasteiger partial charge in [-0.3, -0.25) is 0 Å². The molecule has 122 valence electrons. The minimum Gasteiger partial charge on any atom is -0.346 e. The van der Waals surface area contributed by atoms with Gasteiger partial charge >= 0.3 is 0 Å². The molecule has 0 fully saturated rings. The molecule has 0 aliphatic carbocycles. The van der Waals surface area contributed by atoms with Crippen molar-refractivity contribution >= 4 is 11.6 Å². The second kappa shape index (κ2) is 6.46. The summed E-state index contributed by atoms with van der Waals surface area (Å²) in [7, 11) is 2.19. The maximum Gasteiger partial charge on any atom is 0.0473 e. The van der Waals surface area contributed by atoms with E-state index in [9.17, 15) is 0 Å². The zero-order valence-electron chi connectivity index (χ0n) is 13.9. The quantitative estimate of drug-likeness (QED) is 0.664. The molecule has 0 radical (unpaired) electrons. The molecule has 3 heteroatoms. The fraction of sp³-hybridized carbons (Fsp3) is 0.238. The van der Waals surface area contributed by atoms with Crippen LogP contribution in [-0.4, -0.2) is 23.1 Å². The maximum absolute atomic E-state index is 6.23. The van der Waals surface area contributed by atoms with Crippen molar-refractivity contribution in [2.75, 3.05) is 13.6 Å². The number of nitrogens with zero attached hydrogens (tertiary/aromatic N) is 2. The van der Waals surface area contributed by atoms with E-state index in [4.69, 9.17) is 11.6 Å². The van der Waals surface area contributed by atoms with Crippen molar-refractivity contribution < 1.29 is 0 Å². The van der Waals surface area contributed by atoms with Crippen LogP contribution >= 0.6 is 11.6 Å². The number of halogens is 1. The van der Waals surface area contributed by atoms with Crippen LogP contribution in [0.25, 0.3) is 11.1 Å². The number of hydrogen-bond acceptors (Lipinski definition) is 1. The molecule has 1 aliphatic heterocycles. The summed E-state index contributed by atoms with van der Waals surface area (Å²) in [6.07, 6.45) is 3.40. The van der Waals surface area contributed by atoms with E-state index in [1.165, 1.54) is 27.9 Å². The lowest BCUT2D eigenvalue weighted by molar-refractivity contribution is 0.309. The third kappa shape index (κ3) is 3.00. The predicted octanol–water partition coefficient (Wildman–Crippen LogP) is 4.84. The SMILES string of the molecule is CN1CCc2c(c(-c3cccc(Cl)c3)cn2Cc2ccccc2)C1. The average molecular weight is 337 g/mol. The van der Waals surface area contributed by atoms with E-state index in [2.05, 4.69) is 65.2 Å². The number of aromatic nitrogens is 1.